The fraction of sp³-hybridized carbons (Fsp3) is 0.429. The molecule has 5 heteroatoms. The summed E-state index contributed by atoms with van der Waals surface area (Å²) < 4.78 is 15.2. The highest BCUT2D eigenvalue weighted by Crippen LogP contribution is 2.32. The Bertz CT molecular complexity index is 920. The Kier molecular flexibility index (Phi) is 4.74. The molecule has 0 saturated carbocycles. The smallest absolute Gasteiger partial charge is 0.165 e. The summed E-state index contributed by atoms with van der Waals surface area (Å²) in [6, 6.07) is 8.93. The summed E-state index contributed by atoms with van der Waals surface area (Å²) in [5, 5.41) is 8.27. The summed E-state index contributed by atoms with van der Waals surface area (Å²) in [5.41, 5.74) is 4.45. The molecule has 0 aliphatic rings. The molecule has 1 N–H and O–H groups in total. The van der Waals surface area contributed by atoms with Gasteiger partial charge < -0.3 is 5.32 Å². The monoisotopic (exact) mass is 354 g/mol. The SMILES string of the molecule is CCC(C)Nc1cc(C(C)(C)C)nc2c(-c3ccc(F)cc3)c(C)nn12. The summed E-state index contributed by atoms with van der Waals surface area (Å²) in [4.78, 5) is 4.93. The van der Waals surface area contributed by atoms with Crippen LogP contribution in [0.15, 0.2) is 30.3 Å². The number of fused-ring (bicyclic) bond motifs is 1. The van der Waals surface area contributed by atoms with Crippen LogP contribution in [0.5, 0.6) is 0 Å². The molecule has 0 spiro atoms. The molecule has 3 aromatic rings. The molecular weight excluding hydrogens is 327 g/mol. The second kappa shape index (κ2) is 6.71. The van der Waals surface area contributed by atoms with E-state index in [0.29, 0.717) is 6.04 Å². The lowest BCUT2D eigenvalue weighted by molar-refractivity contribution is 0.568. The van der Waals surface area contributed by atoms with E-state index < -0.39 is 0 Å². The number of rotatable bonds is 4. The second-order valence-electron chi connectivity index (χ2n) is 7.93. The molecule has 0 fully saturated rings. The molecule has 1 aromatic carbocycles. The highest BCUT2D eigenvalue weighted by atomic mass is 19.1. The van der Waals surface area contributed by atoms with Crippen LogP contribution in [0.4, 0.5) is 10.2 Å². The molecule has 1 unspecified atom stereocenters. The van der Waals surface area contributed by atoms with Gasteiger partial charge in [0.05, 0.1) is 11.4 Å². The Balaban J connectivity index is 2.28. The first kappa shape index (κ1) is 18.4. The van der Waals surface area contributed by atoms with Crippen LogP contribution in [0.1, 0.15) is 52.4 Å². The maximum atomic E-state index is 13.4. The van der Waals surface area contributed by atoms with Gasteiger partial charge in [-0.3, -0.25) is 0 Å². The van der Waals surface area contributed by atoms with Crippen LogP contribution < -0.4 is 5.32 Å². The molecule has 1 atom stereocenters. The van der Waals surface area contributed by atoms with Gasteiger partial charge in [-0.25, -0.2) is 9.37 Å². The van der Waals surface area contributed by atoms with Crippen molar-refractivity contribution in [1.82, 2.24) is 14.6 Å². The molecule has 0 bridgehead atoms. The Labute approximate surface area is 154 Å². The lowest BCUT2D eigenvalue weighted by Crippen LogP contribution is -2.20. The predicted octanol–water partition coefficient (Wildman–Crippen LogP) is 5.35. The average Bonchev–Trinajstić information content (AvgIpc) is 2.91. The highest BCUT2D eigenvalue weighted by molar-refractivity contribution is 5.81. The molecule has 3 rings (SSSR count). The van der Waals surface area contributed by atoms with Crippen molar-refractivity contribution in [3.63, 3.8) is 0 Å². The fourth-order valence-electron chi connectivity index (χ4n) is 2.92. The summed E-state index contributed by atoms with van der Waals surface area (Å²) in [7, 11) is 0. The molecule has 138 valence electrons. The van der Waals surface area contributed by atoms with E-state index in [1.165, 1.54) is 12.1 Å². The van der Waals surface area contributed by atoms with Gasteiger partial charge in [0.2, 0.25) is 0 Å². The quantitative estimate of drug-likeness (QED) is 0.686. The Morgan fingerprint density at radius 2 is 1.85 bits per heavy atom. The normalized spacial score (nSPS) is 13.2. The van der Waals surface area contributed by atoms with Crippen molar-refractivity contribution in [1.29, 1.82) is 0 Å². The van der Waals surface area contributed by atoms with Crippen LogP contribution in [-0.4, -0.2) is 20.6 Å². The zero-order chi connectivity index (χ0) is 19.1. The Morgan fingerprint density at radius 1 is 1.19 bits per heavy atom. The molecule has 0 aliphatic carbocycles. The summed E-state index contributed by atoms with van der Waals surface area (Å²) >= 11 is 0. The van der Waals surface area contributed by atoms with Gasteiger partial charge in [0, 0.05) is 23.1 Å². The number of hydrogen-bond acceptors (Lipinski definition) is 3. The van der Waals surface area contributed by atoms with Crippen LogP contribution in [-0.2, 0) is 5.41 Å². The topological polar surface area (TPSA) is 42.2 Å². The molecule has 0 aliphatic heterocycles. The van der Waals surface area contributed by atoms with E-state index in [9.17, 15) is 4.39 Å². The van der Waals surface area contributed by atoms with Crippen LogP contribution >= 0.6 is 0 Å². The van der Waals surface area contributed by atoms with Gasteiger partial charge in [0.25, 0.3) is 0 Å². The number of nitrogens with one attached hydrogen (secondary N) is 1. The Hall–Kier alpha value is -2.43. The van der Waals surface area contributed by atoms with E-state index in [1.54, 1.807) is 12.1 Å². The van der Waals surface area contributed by atoms with Crippen molar-refractivity contribution < 1.29 is 4.39 Å². The van der Waals surface area contributed by atoms with Crippen molar-refractivity contribution in [2.24, 2.45) is 0 Å². The molecular formula is C21H27FN4. The van der Waals surface area contributed by atoms with Crippen molar-refractivity contribution in [3.05, 3.63) is 47.5 Å². The molecule has 2 heterocycles. The minimum atomic E-state index is -0.245. The lowest BCUT2D eigenvalue weighted by atomic mass is 9.91. The lowest BCUT2D eigenvalue weighted by Gasteiger charge is -2.21. The summed E-state index contributed by atoms with van der Waals surface area (Å²) in [6.45, 7) is 12.7. The van der Waals surface area contributed by atoms with Gasteiger partial charge >= 0.3 is 0 Å². The van der Waals surface area contributed by atoms with E-state index in [2.05, 4.69) is 46.0 Å². The van der Waals surface area contributed by atoms with Crippen molar-refractivity contribution in [2.75, 3.05) is 5.32 Å². The maximum absolute atomic E-state index is 13.4. The Morgan fingerprint density at radius 3 is 2.42 bits per heavy atom. The molecule has 0 saturated heterocycles. The maximum Gasteiger partial charge on any atom is 0.165 e. The second-order valence-corrected chi connectivity index (χ2v) is 7.93. The first-order valence-electron chi connectivity index (χ1n) is 9.14. The molecule has 2 aromatic heterocycles. The number of halogens is 1. The van der Waals surface area contributed by atoms with Gasteiger partial charge in [0.15, 0.2) is 5.65 Å². The van der Waals surface area contributed by atoms with Gasteiger partial charge in [0.1, 0.15) is 11.6 Å². The third-order valence-corrected chi connectivity index (χ3v) is 4.67. The van der Waals surface area contributed by atoms with Gasteiger partial charge in [-0.1, -0.05) is 39.8 Å². The third kappa shape index (κ3) is 3.43. The van der Waals surface area contributed by atoms with E-state index in [0.717, 1.165) is 40.4 Å². The van der Waals surface area contributed by atoms with E-state index in [4.69, 9.17) is 10.1 Å². The first-order valence-corrected chi connectivity index (χ1v) is 9.14. The van der Waals surface area contributed by atoms with E-state index in [1.807, 2.05) is 11.4 Å². The number of benzene rings is 1. The zero-order valence-corrected chi connectivity index (χ0v) is 16.4. The van der Waals surface area contributed by atoms with Crippen LogP contribution in [0.25, 0.3) is 16.8 Å². The number of hydrogen-bond donors (Lipinski definition) is 1. The minimum Gasteiger partial charge on any atom is -0.367 e. The van der Waals surface area contributed by atoms with E-state index in [-0.39, 0.29) is 11.2 Å². The predicted molar refractivity (Wildman–Crippen MR) is 105 cm³/mol. The van der Waals surface area contributed by atoms with Gasteiger partial charge in [-0.05, 0) is 38.0 Å². The molecule has 0 amide bonds. The molecule has 4 nitrogen and oxygen atoms in total. The average molecular weight is 354 g/mol. The van der Waals surface area contributed by atoms with Crippen molar-refractivity contribution in [3.8, 4) is 11.1 Å². The summed E-state index contributed by atoms with van der Waals surface area (Å²) in [6.07, 6.45) is 1.01. The minimum absolute atomic E-state index is 0.0914. The van der Waals surface area contributed by atoms with Crippen LogP contribution in [0.3, 0.4) is 0 Å². The van der Waals surface area contributed by atoms with Crippen molar-refractivity contribution in [2.45, 2.75) is 59.4 Å². The highest BCUT2D eigenvalue weighted by Gasteiger charge is 2.22. The number of nitrogens with zero attached hydrogens (tertiary/aromatic N) is 3. The largest absolute Gasteiger partial charge is 0.367 e. The van der Waals surface area contributed by atoms with Crippen molar-refractivity contribution >= 4 is 11.5 Å². The van der Waals surface area contributed by atoms with Crippen LogP contribution in [0, 0.1) is 12.7 Å². The third-order valence-electron chi connectivity index (χ3n) is 4.67. The standard InChI is InChI=1S/C21H27FN4/c1-7-13(2)23-18-12-17(21(4,5)6)24-20-19(14(3)25-26(18)20)15-8-10-16(22)11-9-15/h8-13,23H,7H2,1-6H3. The zero-order valence-electron chi connectivity index (χ0n) is 16.4. The van der Waals surface area contributed by atoms with Crippen LogP contribution in [0.2, 0.25) is 0 Å². The van der Waals surface area contributed by atoms with E-state index >= 15 is 0 Å². The molecule has 26 heavy (non-hydrogen) atoms. The fourth-order valence-corrected chi connectivity index (χ4v) is 2.92. The van der Waals surface area contributed by atoms with Gasteiger partial charge in [-0.15, -0.1) is 0 Å². The summed E-state index contributed by atoms with van der Waals surface area (Å²) in [5.74, 6) is 0.691. The number of anilines is 1. The number of aryl methyl sites for hydroxylation is 1. The van der Waals surface area contributed by atoms with Gasteiger partial charge in [-0.2, -0.15) is 9.61 Å². The molecule has 0 radical (unpaired) electrons. The first-order chi connectivity index (χ1) is 12.2. The number of aromatic nitrogens is 3.